The van der Waals surface area contributed by atoms with Gasteiger partial charge in [-0.05, 0) is 61.3 Å². The number of anilines is 1. The summed E-state index contributed by atoms with van der Waals surface area (Å²) >= 11 is 0. The lowest BCUT2D eigenvalue weighted by Crippen LogP contribution is -2.55. The minimum atomic E-state index is -4.29. The summed E-state index contributed by atoms with van der Waals surface area (Å²) in [4.78, 5) is 7.17. The Labute approximate surface area is 174 Å². The molecule has 2 aliphatic rings. The Morgan fingerprint density at radius 2 is 1.50 bits per heavy atom. The van der Waals surface area contributed by atoms with Crippen molar-refractivity contribution in [3.63, 3.8) is 0 Å². The lowest BCUT2D eigenvalue weighted by molar-refractivity contribution is -0.137. The van der Waals surface area contributed by atoms with Crippen molar-refractivity contribution >= 4 is 5.69 Å². The summed E-state index contributed by atoms with van der Waals surface area (Å²) in [5.74, 6) is -0.215. The number of nitrogens with zero attached hydrogens (tertiary/aromatic N) is 3. The molecule has 2 saturated heterocycles. The van der Waals surface area contributed by atoms with Crippen molar-refractivity contribution in [1.82, 2.24) is 9.80 Å². The molecule has 1 atom stereocenters. The number of hydrogen-bond donors (Lipinski definition) is 0. The van der Waals surface area contributed by atoms with Crippen LogP contribution in [0.2, 0.25) is 0 Å². The zero-order valence-electron chi connectivity index (χ0n) is 16.9. The Kier molecular flexibility index (Phi) is 6.29. The average molecular weight is 421 g/mol. The molecule has 0 saturated carbocycles. The summed E-state index contributed by atoms with van der Waals surface area (Å²) in [6, 6.07) is 12.7. The maximum absolute atomic E-state index is 13.1. The fourth-order valence-corrected chi connectivity index (χ4v) is 4.53. The smallest absolute Gasteiger partial charge is 0.369 e. The quantitative estimate of drug-likeness (QED) is 0.667. The van der Waals surface area contributed by atoms with Gasteiger partial charge in [0.15, 0.2) is 0 Å². The number of hydrogen-bond acceptors (Lipinski definition) is 3. The lowest BCUT2D eigenvalue weighted by atomic mass is 10.0. The van der Waals surface area contributed by atoms with Crippen LogP contribution >= 0.6 is 0 Å². The normalized spacial score (nSPS) is 21.7. The van der Waals surface area contributed by atoms with Gasteiger partial charge in [0.2, 0.25) is 0 Å². The molecule has 4 rings (SSSR count). The second kappa shape index (κ2) is 8.94. The number of benzene rings is 2. The molecule has 0 amide bonds. The molecule has 162 valence electrons. The molecule has 2 heterocycles. The highest BCUT2D eigenvalue weighted by Gasteiger charge is 2.31. The zero-order chi connectivity index (χ0) is 21.1. The summed E-state index contributed by atoms with van der Waals surface area (Å²) < 4.78 is 51.4. The van der Waals surface area contributed by atoms with Gasteiger partial charge in [-0.2, -0.15) is 13.2 Å². The van der Waals surface area contributed by atoms with Crippen LogP contribution in [-0.2, 0) is 12.7 Å². The summed E-state index contributed by atoms with van der Waals surface area (Å²) in [6.07, 6.45) is -2.03. The predicted molar refractivity (Wildman–Crippen MR) is 110 cm³/mol. The number of likely N-dealkylation sites (tertiary alicyclic amines) is 1. The van der Waals surface area contributed by atoms with E-state index < -0.39 is 11.7 Å². The van der Waals surface area contributed by atoms with Gasteiger partial charge in [-0.25, -0.2) is 4.39 Å². The van der Waals surface area contributed by atoms with Crippen LogP contribution in [0.25, 0.3) is 0 Å². The van der Waals surface area contributed by atoms with Crippen LogP contribution in [-0.4, -0.2) is 55.1 Å². The Balaban J connectivity index is 1.29. The van der Waals surface area contributed by atoms with E-state index in [0.717, 1.165) is 63.4 Å². The van der Waals surface area contributed by atoms with E-state index in [9.17, 15) is 17.6 Å². The third-order valence-electron chi connectivity index (χ3n) is 6.19. The van der Waals surface area contributed by atoms with E-state index >= 15 is 0 Å². The first-order chi connectivity index (χ1) is 14.4. The van der Waals surface area contributed by atoms with Gasteiger partial charge in [-0.15, -0.1) is 0 Å². The third kappa shape index (κ3) is 5.13. The molecular weight excluding hydrogens is 394 g/mol. The highest BCUT2D eigenvalue weighted by molar-refractivity contribution is 5.46. The van der Waals surface area contributed by atoms with Crippen molar-refractivity contribution < 1.29 is 17.6 Å². The molecule has 2 fully saturated rings. The number of rotatable bonds is 4. The molecule has 7 heteroatoms. The van der Waals surface area contributed by atoms with E-state index in [0.29, 0.717) is 12.6 Å². The molecule has 30 heavy (non-hydrogen) atoms. The highest BCUT2D eigenvalue weighted by Crippen LogP contribution is 2.29. The zero-order valence-corrected chi connectivity index (χ0v) is 16.9. The molecule has 2 aromatic carbocycles. The van der Waals surface area contributed by atoms with Gasteiger partial charge in [0.05, 0.1) is 5.56 Å². The Morgan fingerprint density at radius 3 is 2.13 bits per heavy atom. The highest BCUT2D eigenvalue weighted by atomic mass is 19.4. The fraction of sp³-hybridized carbons (Fsp3) is 0.478. The number of halogens is 4. The molecule has 0 bridgehead atoms. The van der Waals surface area contributed by atoms with Gasteiger partial charge >= 0.3 is 6.18 Å². The van der Waals surface area contributed by atoms with Gasteiger partial charge in [0.1, 0.15) is 5.82 Å². The summed E-state index contributed by atoms with van der Waals surface area (Å²) in [7, 11) is 0. The van der Waals surface area contributed by atoms with Crippen molar-refractivity contribution in [2.75, 3.05) is 44.2 Å². The van der Waals surface area contributed by atoms with Crippen LogP contribution in [0.4, 0.5) is 23.2 Å². The lowest BCUT2D eigenvalue weighted by Gasteiger charge is -2.44. The summed E-state index contributed by atoms with van der Waals surface area (Å²) in [5.41, 5.74) is 1.38. The van der Waals surface area contributed by atoms with Crippen LogP contribution in [0.3, 0.4) is 0 Å². The molecular formula is C23H27F4N3. The standard InChI is InChI=1S/C23H27F4N3/c24-20-7-9-21(10-8-20)29-12-14-30(15-13-29)22-2-1-11-28(17-22)16-18-3-5-19(6-4-18)23(25,26)27/h3-10,22H,1-2,11-17H2/t22-/m1/s1. The number of piperidine rings is 1. The van der Waals surface area contributed by atoms with E-state index in [2.05, 4.69) is 14.7 Å². The van der Waals surface area contributed by atoms with Gasteiger partial charge in [-0.3, -0.25) is 9.80 Å². The monoisotopic (exact) mass is 421 g/mol. The molecule has 0 radical (unpaired) electrons. The van der Waals surface area contributed by atoms with E-state index in [-0.39, 0.29) is 5.82 Å². The Hall–Kier alpha value is -2.12. The van der Waals surface area contributed by atoms with Crippen LogP contribution in [0.5, 0.6) is 0 Å². The van der Waals surface area contributed by atoms with Crippen LogP contribution in [0, 0.1) is 5.82 Å². The minimum Gasteiger partial charge on any atom is -0.369 e. The number of alkyl halides is 3. The minimum absolute atomic E-state index is 0.215. The average Bonchev–Trinajstić information content (AvgIpc) is 2.74. The first-order valence-corrected chi connectivity index (χ1v) is 10.5. The van der Waals surface area contributed by atoms with E-state index in [1.807, 2.05) is 12.1 Å². The summed E-state index contributed by atoms with van der Waals surface area (Å²) in [5, 5.41) is 0. The fourth-order valence-electron chi connectivity index (χ4n) is 4.53. The number of piperazine rings is 1. The van der Waals surface area contributed by atoms with Crippen LogP contribution in [0.15, 0.2) is 48.5 Å². The predicted octanol–water partition coefficient (Wildman–Crippen LogP) is 4.63. The second-order valence-corrected chi connectivity index (χ2v) is 8.23. The van der Waals surface area contributed by atoms with E-state index in [4.69, 9.17) is 0 Å². The molecule has 3 nitrogen and oxygen atoms in total. The first kappa shape index (κ1) is 21.1. The molecule has 0 N–H and O–H groups in total. The topological polar surface area (TPSA) is 9.72 Å². The molecule has 0 aromatic heterocycles. The second-order valence-electron chi connectivity index (χ2n) is 8.23. The molecule has 2 aliphatic heterocycles. The van der Waals surface area contributed by atoms with Gasteiger partial charge in [0.25, 0.3) is 0 Å². The Morgan fingerprint density at radius 1 is 0.833 bits per heavy atom. The van der Waals surface area contributed by atoms with E-state index in [1.54, 1.807) is 12.1 Å². The maximum atomic E-state index is 13.1. The van der Waals surface area contributed by atoms with Crippen molar-refractivity contribution in [2.45, 2.75) is 31.6 Å². The van der Waals surface area contributed by atoms with Crippen LogP contribution < -0.4 is 4.90 Å². The Bertz CT molecular complexity index is 812. The SMILES string of the molecule is Fc1ccc(N2CCN([C@@H]3CCCN(Cc4ccc(C(F)(F)F)cc4)C3)CC2)cc1. The summed E-state index contributed by atoms with van der Waals surface area (Å²) in [6.45, 7) is 6.38. The maximum Gasteiger partial charge on any atom is 0.416 e. The molecule has 0 aliphatic carbocycles. The van der Waals surface area contributed by atoms with Gasteiger partial charge in [0, 0.05) is 51.0 Å². The van der Waals surface area contributed by atoms with Crippen molar-refractivity contribution in [3.05, 3.63) is 65.5 Å². The molecule has 0 unspecified atom stereocenters. The van der Waals surface area contributed by atoms with Crippen LogP contribution in [0.1, 0.15) is 24.0 Å². The van der Waals surface area contributed by atoms with Crippen molar-refractivity contribution in [1.29, 1.82) is 0 Å². The van der Waals surface area contributed by atoms with E-state index in [1.165, 1.54) is 24.3 Å². The van der Waals surface area contributed by atoms with Crippen molar-refractivity contribution in [2.24, 2.45) is 0 Å². The van der Waals surface area contributed by atoms with Gasteiger partial charge in [-0.1, -0.05) is 12.1 Å². The van der Waals surface area contributed by atoms with Crippen molar-refractivity contribution in [3.8, 4) is 0 Å². The molecule has 0 spiro atoms. The third-order valence-corrected chi connectivity index (χ3v) is 6.19. The van der Waals surface area contributed by atoms with Gasteiger partial charge < -0.3 is 4.90 Å². The first-order valence-electron chi connectivity index (χ1n) is 10.5. The largest absolute Gasteiger partial charge is 0.416 e. The molecule has 2 aromatic rings.